The number of hydrogen-bond acceptors (Lipinski definition) is 3. The summed E-state index contributed by atoms with van der Waals surface area (Å²) in [4.78, 5) is 4.68. The van der Waals surface area contributed by atoms with Gasteiger partial charge in [-0.2, -0.15) is 0 Å². The number of halogens is 1. The van der Waals surface area contributed by atoms with Gasteiger partial charge in [0.1, 0.15) is 11.6 Å². The number of hydrogen-bond donors (Lipinski definition) is 1. The van der Waals surface area contributed by atoms with E-state index in [0.717, 1.165) is 32.6 Å². The Kier molecular flexibility index (Phi) is 3.14. The minimum atomic E-state index is 0.707. The summed E-state index contributed by atoms with van der Waals surface area (Å²) >= 11 is 3.46. The third kappa shape index (κ3) is 2.14. The number of nitrogen functional groups attached to an aromatic ring is 1. The van der Waals surface area contributed by atoms with Crippen LogP contribution in [-0.2, 0) is 7.05 Å². The molecule has 1 heterocycles. The number of imidazole rings is 1. The van der Waals surface area contributed by atoms with Crippen molar-refractivity contribution in [2.45, 2.75) is 0 Å². The van der Waals surface area contributed by atoms with Crippen LogP contribution < -0.4 is 10.5 Å². The van der Waals surface area contributed by atoms with Gasteiger partial charge in [0.25, 0.3) is 0 Å². The van der Waals surface area contributed by atoms with Crippen molar-refractivity contribution in [2.24, 2.45) is 7.05 Å². The minimum Gasteiger partial charge on any atom is -0.497 e. The fourth-order valence-electron chi connectivity index (χ4n) is 2.31. The summed E-state index contributed by atoms with van der Waals surface area (Å²) in [5.41, 5.74) is 9.55. The standard InChI is InChI=1S/C15H14BrN3O/c1-19-14-4-3-12(20-2)8-13(14)18-15(19)9-5-10(16)7-11(17)6-9/h3-8H,17H2,1-2H3. The number of nitrogens with two attached hydrogens (primary N) is 1. The van der Waals surface area contributed by atoms with Crippen molar-refractivity contribution in [1.29, 1.82) is 0 Å². The molecule has 3 rings (SSSR count). The van der Waals surface area contributed by atoms with Crippen LogP contribution in [0.4, 0.5) is 5.69 Å². The molecule has 0 aliphatic rings. The SMILES string of the molecule is COc1ccc2c(c1)nc(-c1cc(N)cc(Br)c1)n2C. The number of fused-ring (bicyclic) bond motifs is 1. The summed E-state index contributed by atoms with van der Waals surface area (Å²) in [5.74, 6) is 1.68. The Labute approximate surface area is 125 Å². The Bertz CT molecular complexity index is 775. The highest BCUT2D eigenvalue weighted by Gasteiger charge is 2.11. The van der Waals surface area contributed by atoms with Gasteiger partial charge in [-0.25, -0.2) is 4.98 Å². The molecular formula is C15H14BrN3O. The van der Waals surface area contributed by atoms with E-state index < -0.39 is 0 Å². The van der Waals surface area contributed by atoms with E-state index in [4.69, 9.17) is 10.5 Å². The first-order valence-electron chi connectivity index (χ1n) is 6.15. The van der Waals surface area contributed by atoms with Gasteiger partial charge in [0, 0.05) is 28.8 Å². The Morgan fingerprint density at radius 3 is 2.70 bits per heavy atom. The fraction of sp³-hybridized carbons (Fsp3) is 0.133. The lowest BCUT2D eigenvalue weighted by Crippen LogP contribution is -1.94. The molecule has 3 aromatic rings. The molecule has 0 radical (unpaired) electrons. The Morgan fingerprint density at radius 2 is 2.00 bits per heavy atom. The van der Waals surface area contributed by atoms with Gasteiger partial charge in [0.15, 0.2) is 0 Å². The van der Waals surface area contributed by atoms with E-state index >= 15 is 0 Å². The summed E-state index contributed by atoms with van der Waals surface area (Å²) < 4.78 is 8.23. The molecule has 0 saturated carbocycles. The lowest BCUT2D eigenvalue weighted by atomic mass is 10.2. The summed E-state index contributed by atoms with van der Waals surface area (Å²) in [6.07, 6.45) is 0. The van der Waals surface area contributed by atoms with Crippen LogP contribution in [0.1, 0.15) is 0 Å². The number of aromatic nitrogens is 2. The van der Waals surface area contributed by atoms with Gasteiger partial charge in [-0.15, -0.1) is 0 Å². The van der Waals surface area contributed by atoms with Gasteiger partial charge >= 0.3 is 0 Å². The molecule has 0 unspecified atom stereocenters. The third-order valence-corrected chi connectivity index (χ3v) is 3.72. The predicted octanol–water partition coefficient (Wildman–Crippen LogP) is 3.59. The van der Waals surface area contributed by atoms with Crippen molar-refractivity contribution in [2.75, 3.05) is 12.8 Å². The smallest absolute Gasteiger partial charge is 0.140 e. The normalized spacial score (nSPS) is 10.9. The first kappa shape index (κ1) is 13.0. The van der Waals surface area contributed by atoms with E-state index in [2.05, 4.69) is 25.5 Å². The molecular weight excluding hydrogens is 318 g/mol. The van der Waals surface area contributed by atoms with Crippen LogP contribution in [0.3, 0.4) is 0 Å². The van der Waals surface area contributed by atoms with E-state index in [1.54, 1.807) is 7.11 Å². The molecule has 5 heteroatoms. The van der Waals surface area contributed by atoms with Crippen molar-refractivity contribution in [3.8, 4) is 17.1 Å². The van der Waals surface area contributed by atoms with Crippen molar-refractivity contribution in [3.63, 3.8) is 0 Å². The van der Waals surface area contributed by atoms with Crippen LogP contribution in [0.2, 0.25) is 0 Å². The predicted molar refractivity (Wildman–Crippen MR) is 84.8 cm³/mol. The Balaban J connectivity index is 2.23. The maximum absolute atomic E-state index is 5.90. The van der Waals surface area contributed by atoms with Crippen molar-refractivity contribution in [1.82, 2.24) is 9.55 Å². The van der Waals surface area contributed by atoms with Crippen LogP contribution in [0.15, 0.2) is 40.9 Å². The number of rotatable bonds is 2. The lowest BCUT2D eigenvalue weighted by molar-refractivity contribution is 0.415. The molecule has 2 aromatic carbocycles. The van der Waals surface area contributed by atoms with Gasteiger partial charge < -0.3 is 15.0 Å². The molecule has 0 amide bonds. The quantitative estimate of drug-likeness (QED) is 0.730. The first-order valence-corrected chi connectivity index (χ1v) is 6.94. The average molecular weight is 332 g/mol. The van der Waals surface area contributed by atoms with Crippen LogP contribution in [-0.4, -0.2) is 16.7 Å². The first-order chi connectivity index (χ1) is 9.58. The number of anilines is 1. The number of benzene rings is 2. The molecule has 1 aromatic heterocycles. The molecule has 0 aliphatic heterocycles. The molecule has 0 aliphatic carbocycles. The highest BCUT2D eigenvalue weighted by atomic mass is 79.9. The molecule has 102 valence electrons. The van der Waals surface area contributed by atoms with Crippen molar-refractivity contribution < 1.29 is 4.74 Å². The molecule has 4 nitrogen and oxygen atoms in total. The molecule has 0 atom stereocenters. The van der Waals surface area contributed by atoms with Gasteiger partial charge in [-0.3, -0.25) is 0 Å². The maximum atomic E-state index is 5.90. The second-order valence-electron chi connectivity index (χ2n) is 4.62. The minimum absolute atomic E-state index is 0.707. The average Bonchev–Trinajstić information content (AvgIpc) is 2.74. The van der Waals surface area contributed by atoms with Crippen LogP contribution in [0.25, 0.3) is 22.4 Å². The van der Waals surface area contributed by atoms with E-state index in [1.165, 1.54) is 0 Å². The van der Waals surface area contributed by atoms with Crippen LogP contribution in [0.5, 0.6) is 5.75 Å². The molecule has 0 saturated heterocycles. The highest BCUT2D eigenvalue weighted by molar-refractivity contribution is 9.10. The van der Waals surface area contributed by atoms with Gasteiger partial charge in [0.05, 0.1) is 18.1 Å². The zero-order valence-corrected chi connectivity index (χ0v) is 12.8. The molecule has 0 fully saturated rings. The third-order valence-electron chi connectivity index (χ3n) is 3.27. The van der Waals surface area contributed by atoms with Gasteiger partial charge in [-0.05, 0) is 30.3 Å². The van der Waals surface area contributed by atoms with Gasteiger partial charge in [-0.1, -0.05) is 15.9 Å². The topological polar surface area (TPSA) is 53.1 Å². The summed E-state index contributed by atoms with van der Waals surface area (Å²) in [6.45, 7) is 0. The summed E-state index contributed by atoms with van der Waals surface area (Å²) in [7, 11) is 3.65. The van der Waals surface area contributed by atoms with Gasteiger partial charge in [0.2, 0.25) is 0 Å². The van der Waals surface area contributed by atoms with E-state index in [-0.39, 0.29) is 0 Å². The number of aryl methyl sites for hydroxylation is 1. The number of methoxy groups -OCH3 is 1. The zero-order chi connectivity index (χ0) is 14.3. The van der Waals surface area contributed by atoms with Crippen molar-refractivity contribution >= 4 is 32.7 Å². The Hall–Kier alpha value is -2.01. The van der Waals surface area contributed by atoms with E-state index in [9.17, 15) is 0 Å². The largest absolute Gasteiger partial charge is 0.497 e. The lowest BCUT2D eigenvalue weighted by Gasteiger charge is -2.04. The van der Waals surface area contributed by atoms with E-state index in [1.807, 2.05) is 43.4 Å². The van der Waals surface area contributed by atoms with Crippen LogP contribution in [0, 0.1) is 0 Å². The maximum Gasteiger partial charge on any atom is 0.140 e. The molecule has 0 spiro atoms. The van der Waals surface area contributed by atoms with E-state index in [0.29, 0.717) is 5.69 Å². The van der Waals surface area contributed by atoms with Crippen molar-refractivity contribution in [3.05, 3.63) is 40.9 Å². The number of nitrogens with zero attached hydrogens (tertiary/aromatic N) is 2. The summed E-state index contributed by atoms with van der Waals surface area (Å²) in [5, 5.41) is 0. The second kappa shape index (κ2) is 4.83. The number of ether oxygens (including phenoxy) is 1. The second-order valence-corrected chi connectivity index (χ2v) is 5.54. The summed E-state index contributed by atoms with van der Waals surface area (Å²) in [6, 6.07) is 11.7. The molecule has 2 N–H and O–H groups in total. The molecule has 20 heavy (non-hydrogen) atoms. The van der Waals surface area contributed by atoms with Crippen LogP contribution >= 0.6 is 15.9 Å². The zero-order valence-electron chi connectivity index (χ0n) is 11.2. The monoisotopic (exact) mass is 331 g/mol. The highest BCUT2D eigenvalue weighted by Crippen LogP contribution is 2.29. The Morgan fingerprint density at radius 1 is 1.20 bits per heavy atom. The fourth-order valence-corrected chi connectivity index (χ4v) is 2.82. The molecule has 0 bridgehead atoms.